The molecular formula is C16H22O5. The van der Waals surface area contributed by atoms with Crippen molar-refractivity contribution in [2.45, 2.75) is 38.7 Å². The normalized spacial score (nSPS) is 16.4. The average molecular weight is 294 g/mol. The zero-order valence-electron chi connectivity index (χ0n) is 13.0. The number of carbonyl (C=O) groups excluding carboxylic acids is 1. The van der Waals surface area contributed by atoms with Gasteiger partial charge in [0.2, 0.25) is 5.75 Å². The number of benzene rings is 1. The highest BCUT2D eigenvalue weighted by Crippen LogP contribution is 2.48. The first kappa shape index (κ1) is 15.5. The van der Waals surface area contributed by atoms with Crippen molar-refractivity contribution >= 4 is 5.97 Å². The number of hydrogen-bond donors (Lipinski definition) is 0. The van der Waals surface area contributed by atoms with E-state index in [1.165, 1.54) is 14.2 Å². The van der Waals surface area contributed by atoms with Crippen LogP contribution in [0.15, 0.2) is 6.07 Å². The van der Waals surface area contributed by atoms with E-state index >= 15 is 0 Å². The topological polar surface area (TPSA) is 54.0 Å². The van der Waals surface area contributed by atoms with E-state index in [0.29, 0.717) is 22.8 Å². The molecule has 5 nitrogen and oxygen atoms in total. The minimum Gasteiger partial charge on any atom is -0.493 e. The van der Waals surface area contributed by atoms with Crippen molar-refractivity contribution in [1.82, 2.24) is 0 Å². The van der Waals surface area contributed by atoms with Crippen molar-refractivity contribution in [3.8, 4) is 17.2 Å². The van der Waals surface area contributed by atoms with Crippen molar-refractivity contribution in [2.75, 3.05) is 21.3 Å². The lowest BCUT2D eigenvalue weighted by atomic mass is 9.99. The Hall–Kier alpha value is -1.91. The molecule has 1 aliphatic rings. The SMILES string of the molecule is CCCCCC1OC(=O)c2c1cc(OC)c(OC)c2OC. The van der Waals surface area contributed by atoms with Crippen LogP contribution in [0, 0.1) is 0 Å². The molecule has 116 valence electrons. The van der Waals surface area contributed by atoms with Crippen molar-refractivity contribution in [3.63, 3.8) is 0 Å². The van der Waals surface area contributed by atoms with Crippen molar-refractivity contribution in [2.24, 2.45) is 0 Å². The molecule has 0 radical (unpaired) electrons. The van der Waals surface area contributed by atoms with Crippen LogP contribution in [0.25, 0.3) is 0 Å². The van der Waals surface area contributed by atoms with Crippen LogP contribution in [0.2, 0.25) is 0 Å². The van der Waals surface area contributed by atoms with Gasteiger partial charge in [0, 0.05) is 5.56 Å². The molecule has 0 saturated heterocycles. The van der Waals surface area contributed by atoms with E-state index in [9.17, 15) is 4.79 Å². The monoisotopic (exact) mass is 294 g/mol. The second-order valence-corrected chi connectivity index (χ2v) is 5.00. The molecule has 0 fully saturated rings. The van der Waals surface area contributed by atoms with Crippen molar-refractivity contribution in [1.29, 1.82) is 0 Å². The first-order chi connectivity index (χ1) is 10.2. The highest BCUT2D eigenvalue weighted by molar-refractivity contribution is 5.98. The maximum Gasteiger partial charge on any atom is 0.343 e. The summed E-state index contributed by atoms with van der Waals surface area (Å²) in [5.74, 6) is 0.996. The van der Waals surface area contributed by atoms with Gasteiger partial charge in [-0.2, -0.15) is 0 Å². The van der Waals surface area contributed by atoms with E-state index in [0.717, 1.165) is 31.2 Å². The summed E-state index contributed by atoms with van der Waals surface area (Å²) in [7, 11) is 4.59. The molecule has 0 amide bonds. The number of rotatable bonds is 7. The standard InChI is InChI=1S/C16H22O5/c1-5-6-7-8-11-10-9-12(18-2)14(19-3)15(20-4)13(10)16(17)21-11/h9,11H,5-8H2,1-4H3. The number of cyclic esters (lactones) is 1. The number of carbonyl (C=O) groups is 1. The fraction of sp³-hybridized carbons (Fsp3) is 0.562. The van der Waals surface area contributed by atoms with Gasteiger partial charge in [0.05, 0.1) is 21.3 Å². The molecule has 1 aromatic carbocycles. The summed E-state index contributed by atoms with van der Waals surface area (Å²) in [4.78, 5) is 12.2. The predicted molar refractivity (Wildman–Crippen MR) is 78.4 cm³/mol. The smallest absolute Gasteiger partial charge is 0.343 e. The quantitative estimate of drug-likeness (QED) is 0.569. The molecule has 0 saturated carbocycles. The lowest BCUT2D eigenvalue weighted by Crippen LogP contribution is -2.02. The Morgan fingerprint density at radius 3 is 2.38 bits per heavy atom. The molecule has 5 heteroatoms. The molecule has 0 spiro atoms. The fourth-order valence-electron chi connectivity index (χ4n) is 2.69. The summed E-state index contributed by atoms with van der Waals surface area (Å²) in [6.07, 6.45) is 3.85. The molecule has 0 aliphatic carbocycles. The molecule has 1 aliphatic heterocycles. The van der Waals surface area contributed by atoms with Crippen LogP contribution >= 0.6 is 0 Å². The molecule has 1 atom stereocenters. The number of ether oxygens (including phenoxy) is 4. The van der Waals surface area contributed by atoms with E-state index in [4.69, 9.17) is 18.9 Å². The summed E-state index contributed by atoms with van der Waals surface area (Å²) >= 11 is 0. The second kappa shape index (κ2) is 6.70. The van der Waals surface area contributed by atoms with E-state index in [2.05, 4.69) is 6.92 Å². The molecule has 2 rings (SSSR count). The van der Waals surface area contributed by atoms with Gasteiger partial charge >= 0.3 is 5.97 Å². The minimum atomic E-state index is -0.357. The molecule has 0 N–H and O–H groups in total. The fourth-order valence-corrected chi connectivity index (χ4v) is 2.69. The zero-order chi connectivity index (χ0) is 15.4. The largest absolute Gasteiger partial charge is 0.493 e. The number of fused-ring (bicyclic) bond motifs is 1. The van der Waals surface area contributed by atoms with Gasteiger partial charge in [-0.25, -0.2) is 4.79 Å². The average Bonchev–Trinajstić information content (AvgIpc) is 2.81. The van der Waals surface area contributed by atoms with Crippen molar-refractivity contribution in [3.05, 3.63) is 17.2 Å². The highest BCUT2D eigenvalue weighted by atomic mass is 16.6. The molecule has 0 bridgehead atoms. The van der Waals surface area contributed by atoms with Crippen LogP contribution < -0.4 is 14.2 Å². The van der Waals surface area contributed by atoms with E-state index in [1.807, 2.05) is 6.07 Å². The van der Waals surface area contributed by atoms with E-state index < -0.39 is 0 Å². The second-order valence-electron chi connectivity index (χ2n) is 5.00. The maximum absolute atomic E-state index is 12.2. The number of methoxy groups -OCH3 is 3. The summed E-state index contributed by atoms with van der Waals surface area (Å²) in [6, 6.07) is 1.82. The van der Waals surface area contributed by atoms with Gasteiger partial charge in [0.25, 0.3) is 0 Å². The first-order valence-corrected chi connectivity index (χ1v) is 7.21. The summed E-state index contributed by atoms with van der Waals surface area (Å²) in [6.45, 7) is 2.14. The van der Waals surface area contributed by atoms with Gasteiger partial charge in [-0.15, -0.1) is 0 Å². The van der Waals surface area contributed by atoms with Crippen LogP contribution in [0.5, 0.6) is 17.2 Å². The Bertz CT molecular complexity index is 524. The van der Waals surface area contributed by atoms with Gasteiger partial charge in [-0.05, 0) is 18.9 Å². The van der Waals surface area contributed by atoms with Crippen LogP contribution in [0.4, 0.5) is 0 Å². The third-order valence-corrected chi connectivity index (χ3v) is 3.73. The Morgan fingerprint density at radius 2 is 1.81 bits per heavy atom. The van der Waals surface area contributed by atoms with Gasteiger partial charge in [-0.1, -0.05) is 19.8 Å². The third kappa shape index (κ3) is 2.77. The highest BCUT2D eigenvalue weighted by Gasteiger charge is 2.37. The lowest BCUT2D eigenvalue weighted by Gasteiger charge is -2.15. The third-order valence-electron chi connectivity index (χ3n) is 3.73. The minimum absolute atomic E-state index is 0.229. The number of unbranched alkanes of at least 4 members (excludes halogenated alkanes) is 2. The van der Waals surface area contributed by atoms with Crippen LogP contribution in [-0.2, 0) is 4.74 Å². The summed E-state index contributed by atoms with van der Waals surface area (Å²) in [5.41, 5.74) is 1.28. The van der Waals surface area contributed by atoms with Crippen LogP contribution in [0.1, 0.15) is 54.6 Å². The Morgan fingerprint density at radius 1 is 1.10 bits per heavy atom. The molecule has 1 heterocycles. The van der Waals surface area contributed by atoms with Crippen molar-refractivity contribution < 1.29 is 23.7 Å². The number of esters is 1. The summed E-state index contributed by atoms with van der Waals surface area (Å²) < 4.78 is 21.5. The zero-order valence-corrected chi connectivity index (χ0v) is 13.0. The summed E-state index contributed by atoms with van der Waals surface area (Å²) in [5, 5.41) is 0. The van der Waals surface area contributed by atoms with E-state index in [-0.39, 0.29) is 12.1 Å². The molecular weight excluding hydrogens is 272 g/mol. The Kier molecular flexibility index (Phi) is 4.94. The molecule has 1 unspecified atom stereocenters. The molecule has 1 aromatic rings. The molecule has 0 aromatic heterocycles. The van der Waals surface area contributed by atoms with Gasteiger partial charge < -0.3 is 18.9 Å². The molecule has 21 heavy (non-hydrogen) atoms. The van der Waals surface area contributed by atoms with E-state index in [1.54, 1.807) is 7.11 Å². The Balaban J connectivity index is 2.44. The number of hydrogen-bond acceptors (Lipinski definition) is 5. The first-order valence-electron chi connectivity index (χ1n) is 7.21. The van der Waals surface area contributed by atoms with Crippen LogP contribution in [-0.4, -0.2) is 27.3 Å². The predicted octanol–water partition coefficient (Wildman–Crippen LogP) is 3.50. The van der Waals surface area contributed by atoms with Crippen LogP contribution in [0.3, 0.4) is 0 Å². The van der Waals surface area contributed by atoms with Gasteiger partial charge in [0.1, 0.15) is 11.7 Å². The van der Waals surface area contributed by atoms with Gasteiger partial charge in [0.15, 0.2) is 11.5 Å². The lowest BCUT2D eigenvalue weighted by molar-refractivity contribution is 0.0361. The Labute approximate surface area is 125 Å². The van der Waals surface area contributed by atoms with Gasteiger partial charge in [-0.3, -0.25) is 0 Å². The maximum atomic E-state index is 12.2.